The molecule has 7 nitrogen and oxygen atoms in total. The van der Waals surface area contributed by atoms with Crippen LogP contribution in [0, 0.1) is 11.8 Å². The van der Waals surface area contributed by atoms with Gasteiger partial charge in [-0.15, -0.1) is 10.2 Å². The summed E-state index contributed by atoms with van der Waals surface area (Å²) < 4.78 is 42.9. The monoisotopic (exact) mass is 451 g/mol. The Balaban J connectivity index is 1.69. The Hall–Kier alpha value is -3.39. The van der Waals surface area contributed by atoms with Crippen LogP contribution in [0.25, 0.3) is 11.5 Å². The van der Waals surface area contributed by atoms with Gasteiger partial charge in [0.05, 0.1) is 17.2 Å². The summed E-state index contributed by atoms with van der Waals surface area (Å²) in [7, 11) is 0. The third kappa shape index (κ3) is 5.61. The van der Waals surface area contributed by atoms with Crippen LogP contribution in [0.15, 0.2) is 46.9 Å². The Labute approximate surface area is 178 Å². The number of carbonyl (C=O) groups is 1. The summed E-state index contributed by atoms with van der Waals surface area (Å²) in [5, 5.41) is 28.3. The van der Waals surface area contributed by atoms with Gasteiger partial charge in [0.2, 0.25) is 11.8 Å². The molecule has 31 heavy (non-hydrogen) atoms. The molecule has 0 spiro atoms. The van der Waals surface area contributed by atoms with Crippen LogP contribution in [-0.2, 0) is 11.0 Å². The highest BCUT2D eigenvalue weighted by molar-refractivity contribution is 6.32. The van der Waals surface area contributed by atoms with E-state index in [0.717, 1.165) is 24.3 Å². The predicted molar refractivity (Wildman–Crippen MR) is 104 cm³/mol. The van der Waals surface area contributed by atoms with Gasteiger partial charge < -0.3 is 19.9 Å². The number of rotatable bonds is 4. The third-order valence-electron chi connectivity index (χ3n) is 3.90. The summed E-state index contributed by atoms with van der Waals surface area (Å²) in [4.78, 5) is 11.9. The fraction of sp³-hybridized carbons (Fsp3) is 0.150. The number of nitrogens with one attached hydrogen (secondary N) is 1. The molecular weight excluding hydrogens is 439 g/mol. The second-order valence-corrected chi connectivity index (χ2v) is 6.52. The van der Waals surface area contributed by atoms with Crippen molar-refractivity contribution in [3.63, 3.8) is 0 Å². The van der Waals surface area contributed by atoms with E-state index < -0.39 is 30.4 Å². The minimum atomic E-state index is -4.47. The smallest absolute Gasteiger partial charge is 0.416 e. The van der Waals surface area contributed by atoms with E-state index in [9.17, 15) is 23.1 Å². The maximum Gasteiger partial charge on any atom is 0.416 e. The fourth-order valence-electron chi connectivity index (χ4n) is 2.34. The van der Waals surface area contributed by atoms with E-state index in [4.69, 9.17) is 21.1 Å². The lowest BCUT2D eigenvalue weighted by molar-refractivity contribution is -0.137. The SMILES string of the molecule is O=C(C#Cc1ccc(-c2nnc([C@H](O)CO)o2)cc1Cl)Nc1ccc(C(F)(F)F)cc1. The topological polar surface area (TPSA) is 108 Å². The normalized spacial score (nSPS) is 12.1. The quantitative estimate of drug-likeness (QED) is 0.524. The van der Waals surface area contributed by atoms with E-state index in [1.807, 2.05) is 0 Å². The molecule has 3 aromatic rings. The second kappa shape index (κ2) is 9.18. The standard InChI is InChI=1S/C20H13ClF3N3O4/c21-15-9-12(18-26-27-19(31-18)16(29)10-28)2-1-11(15)3-8-17(30)25-14-6-4-13(5-7-14)20(22,23)24/h1-2,4-7,9,16,28-29H,10H2,(H,25,30)/t16-/m1/s1. The molecule has 0 radical (unpaired) electrons. The van der Waals surface area contributed by atoms with Gasteiger partial charge in [-0.05, 0) is 42.5 Å². The Morgan fingerprint density at radius 1 is 1.19 bits per heavy atom. The number of halogens is 4. The number of benzene rings is 2. The molecule has 1 amide bonds. The molecule has 1 aromatic heterocycles. The van der Waals surface area contributed by atoms with Crippen molar-refractivity contribution in [3.05, 3.63) is 64.5 Å². The maximum atomic E-state index is 12.6. The number of aliphatic hydroxyl groups excluding tert-OH is 2. The van der Waals surface area contributed by atoms with Crippen LogP contribution in [0.5, 0.6) is 0 Å². The third-order valence-corrected chi connectivity index (χ3v) is 4.21. The first-order valence-electron chi connectivity index (χ1n) is 8.60. The molecule has 1 atom stereocenters. The molecule has 0 aliphatic rings. The Bertz CT molecular complexity index is 1150. The summed E-state index contributed by atoms with van der Waals surface area (Å²) >= 11 is 6.16. The highest BCUT2D eigenvalue weighted by Crippen LogP contribution is 2.30. The highest BCUT2D eigenvalue weighted by atomic mass is 35.5. The largest absolute Gasteiger partial charge is 0.418 e. The van der Waals surface area contributed by atoms with Gasteiger partial charge in [0.15, 0.2) is 6.10 Å². The molecule has 0 saturated carbocycles. The minimum absolute atomic E-state index is 0.0592. The number of aromatic nitrogens is 2. The number of anilines is 1. The number of hydrogen-bond acceptors (Lipinski definition) is 6. The van der Waals surface area contributed by atoms with Crippen molar-refractivity contribution in [2.45, 2.75) is 12.3 Å². The van der Waals surface area contributed by atoms with Gasteiger partial charge in [-0.3, -0.25) is 4.79 Å². The van der Waals surface area contributed by atoms with Gasteiger partial charge in [0, 0.05) is 22.7 Å². The molecule has 0 bridgehead atoms. The summed E-state index contributed by atoms with van der Waals surface area (Å²) in [6.45, 7) is -0.578. The number of hydrogen-bond donors (Lipinski definition) is 3. The van der Waals surface area contributed by atoms with Crippen molar-refractivity contribution in [2.75, 3.05) is 11.9 Å². The number of carbonyl (C=O) groups excluding carboxylic acids is 1. The van der Waals surface area contributed by atoms with Crippen molar-refractivity contribution in [1.82, 2.24) is 10.2 Å². The van der Waals surface area contributed by atoms with Crippen LogP contribution in [-0.4, -0.2) is 32.9 Å². The first-order valence-corrected chi connectivity index (χ1v) is 8.97. The van der Waals surface area contributed by atoms with Crippen molar-refractivity contribution in [2.24, 2.45) is 0 Å². The van der Waals surface area contributed by atoms with E-state index in [-0.39, 0.29) is 22.5 Å². The Morgan fingerprint density at radius 2 is 1.90 bits per heavy atom. The number of aliphatic hydroxyl groups is 2. The van der Waals surface area contributed by atoms with Crippen LogP contribution in [0.3, 0.4) is 0 Å². The van der Waals surface area contributed by atoms with E-state index in [2.05, 4.69) is 27.4 Å². The molecule has 3 rings (SSSR count). The highest BCUT2D eigenvalue weighted by Gasteiger charge is 2.29. The van der Waals surface area contributed by atoms with E-state index >= 15 is 0 Å². The average molecular weight is 452 g/mol. The lowest BCUT2D eigenvalue weighted by Crippen LogP contribution is -2.09. The molecule has 3 N–H and O–H groups in total. The van der Waals surface area contributed by atoms with E-state index in [0.29, 0.717) is 11.1 Å². The van der Waals surface area contributed by atoms with Crippen LogP contribution < -0.4 is 5.32 Å². The average Bonchev–Trinajstić information content (AvgIpc) is 3.22. The zero-order chi connectivity index (χ0) is 22.6. The predicted octanol–water partition coefficient (Wildman–Crippen LogP) is 3.42. The number of alkyl halides is 3. The molecule has 0 aliphatic carbocycles. The fourth-order valence-corrected chi connectivity index (χ4v) is 2.57. The van der Waals surface area contributed by atoms with Gasteiger partial charge >= 0.3 is 12.1 Å². The molecular formula is C20H13ClF3N3O4. The van der Waals surface area contributed by atoms with Crippen LogP contribution in [0.4, 0.5) is 18.9 Å². The van der Waals surface area contributed by atoms with Crippen LogP contribution in [0.2, 0.25) is 5.02 Å². The summed E-state index contributed by atoms with van der Waals surface area (Å²) in [5.74, 6) is 4.03. The Kier molecular flexibility index (Phi) is 6.60. The van der Waals surface area contributed by atoms with Gasteiger partial charge in [-0.25, -0.2) is 0 Å². The number of nitrogens with zero attached hydrogens (tertiary/aromatic N) is 2. The van der Waals surface area contributed by atoms with Crippen molar-refractivity contribution < 1.29 is 32.6 Å². The first kappa shape index (κ1) is 22.3. The van der Waals surface area contributed by atoms with Gasteiger partial charge in [-0.1, -0.05) is 17.5 Å². The first-order chi connectivity index (χ1) is 14.7. The molecule has 0 aliphatic heterocycles. The lowest BCUT2D eigenvalue weighted by Gasteiger charge is -2.07. The van der Waals surface area contributed by atoms with E-state index in [1.165, 1.54) is 12.1 Å². The lowest BCUT2D eigenvalue weighted by atomic mass is 10.1. The van der Waals surface area contributed by atoms with Crippen molar-refractivity contribution in [1.29, 1.82) is 0 Å². The van der Waals surface area contributed by atoms with Gasteiger partial charge in [0.25, 0.3) is 0 Å². The van der Waals surface area contributed by atoms with Crippen LogP contribution in [0.1, 0.15) is 23.1 Å². The second-order valence-electron chi connectivity index (χ2n) is 6.12. The summed E-state index contributed by atoms with van der Waals surface area (Å²) in [5.41, 5.74) is 0.0606. The molecule has 160 valence electrons. The summed E-state index contributed by atoms with van der Waals surface area (Å²) in [6, 6.07) is 8.45. The zero-order valence-corrected chi connectivity index (χ0v) is 16.2. The summed E-state index contributed by atoms with van der Waals surface area (Å²) in [6.07, 6.45) is -5.77. The molecule has 0 fully saturated rings. The Morgan fingerprint density at radius 3 is 2.52 bits per heavy atom. The van der Waals surface area contributed by atoms with Crippen molar-refractivity contribution >= 4 is 23.2 Å². The molecule has 1 heterocycles. The van der Waals surface area contributed by atoms with Gasteiger partial charge in [-0.2, -0.15) is 13.2 Å². The van der Waals surface area contributed by atoms with Gasteiger partial charge in [0.1, 0.15) is 0 Å². The number of amides is 1. The molecule has 11 heteroatoms. The minimum Gasteiger partial charge on any atom is -0.418 e. The van der Waals surface area contributed by atoms with Crippen LogP contribution >= 0.6 is 11.6 Å². The van der Waals surface area contributed by atoms with E-state index in [1.54, 1.807) is 6.07 Å². The molecule has 2 aromatic carbocycles. The maximum absolute atomic E-state index is 12.6. The van der Waals surface area contributed by atoms with Crippen molar-refractivity contribution in [3.8, 4) is 23.3 Å². The molecule has 0 saturated heterocycles. The molecule has 0 unspecified atom stereocenters. The zero-order valence-electron chi connectivity index (χ0n) is 15.4.